The standard InChI is InChI=1S/C19H19Cl3N2O5S/c1-28-17-10-12(9-16(22)18(17)29-2)19(25)23-5-7-24(8-6-23)30(26,27)13-3-4-14(20)15(21)11-13/h3-4,9-11H,5-8H2,1-2H3. The summed E-state index contributed by atoms with van der Waals surface area (Å²) in [5, 5.41) is 0.692. The summed E-state index contributed by atoms with van der Waals surface area (Å²) in [7, 11) is -0.836. The van der Waals surface area contributed by atoms with E-state index in [1.165, 1.54) is 42.8 Å². The van der Waals surface area contributed by atoms with Crippen LogP contribution >= 0.6 is 34.8 Å². The van der Waals surface area contributed by atoms with Crippen LogP contribution in [0.2, 0.25) is 15.1 Å². The highest BCUT2D eigenvalue weighted by Crippen LogP contribution is 2.36. The predicted octanol–water partition coefficient (Wildman–Crippen LogP) is 3.81. The summed E-state index contributed by atoms with van der Waals surface area (Å²) in [6, 6.07) is 7.22. The van der Waals surface area contributed by atoms with E-state index in [9.17, 15) is 13.2 Å². The number of nitrogens with zero attached hydrogens (tertiary/aromatic N) is 2. The van der Waals surface area contributed by atoms with E-state index in [0.717, 1.165) is 0 Å². The molecule has 0 N–H and O–H groups in total. The number of ether oxygens (including phenoxy) is 2. The summed E-state index contributed by atoms with van der Waals surface area (Å²) in [6.45, 7) is 0.751. The maximum atomic E-state index is 12.9. The summed E-state index contributed by atoms with van der Waals surface area (Å²) in [4.78, 5) is 14.5. The lowest BCUT2D eigenvalue weighted by atomic mass is 10.1. The van der Waals surface area contributed by atoms with E-state index in [0.29, 0.717) is 17.1 Å². The van der Waals surface area contributed by atoms with Crippen LogP contribution in [0.4, 0.5) is 0 Å². The Morgan fingerprint density at radius 2 is 1.57 bits per heavy atom. The van der Waals surface area contributed by atoms with E-state index in [4.69, 9.17) is 44.3 Å². The molecular formula is C19H19Cl3N2O5S. The van der Waals surface area contributed by atoms with Crippen LogP contribution in [0.25, 0.3) is 0 Å². The number of sulfonamides is 1. The predicted molar refractivity (Wildman–Crippen MR) is 116 cm³/mol. The van der Waals surface area contributed by atoms with Gasteiger partial charge in [0.25, 0.3) is 5.91 Å². The van der Waals surface area contributed by atoms with Crippen molar-refractivity contribution in [3.05, 3.63) is 51.0 Å². The van der Waals surface area contributed by atoms with Crippen molar-refractivity contribution >= 4 is 50.7 Å². The molecule has 1 heterocycles. The third-order valence-electron chi connectivity index (χ3n) is 4.74. The molecule has 3 rings (SSSR count). The van der Waals surface area contributed by atoms with Gasteiger partial charge < -0.3 is 14.4 Å². The Labute approximate surface area is 190 Å². The number of hydrogen-bond acceptors (Lipinski definition) is 5. The lowest BCUT2D eigenvalue weighted by molar-refractivity contribution is 0.0697. The number of benzene rings is 2. The average molecular weight is 494 g/mol. The SMILES string of the molecule is COc1cc(C(=O)N2CCN(S(=O)(=O)c3ccc(Cl)c(Cl)c3)CC2)cc(Cl)c1OC. The minimum Gasteiger partial charge on any atom is -0.493 e. The smallest absolute Gasteiger partial charge is 0.254 e. The van der Waals surface area contributed by atoms with Crippen molar-refractivity contribution in [2.24, 2.45) is 0 Å². The lowest BCUT2D eigenvalue weighted by Crippen LogP contribution is -2.50. The Kier molecular flexibility index (Phi) is 7.04. The molecule has 0 radical (unpaired) electrons. The molecule has 0 spiro atoms. The number of carbonyl (C=O) groups is 1. The van der Waals surface area contributed by atoms with Crippen LogP contribution in [0.1, 0.15) is 10.4 Å². The summed E-state index contributed by atoms with van der Waals surface area (Å²) in [5.74, 6) is 0.409. The normalized spacial score (nSPS) is 15.2. The van der Waals surface area contributed by atoms with Crippen molar-refractivity contribution in [3.8, 4) is 11.5 Å². The van der Waals surface area contributed by atoms with Gasteiger partial charge in [-0.25, -0.2) is 8.42 Å². The van der Waals surface area contributed by atoms with Gasteiger partial charge in [0, 0.05) is 31.7 Å². The largest absolute Gasteiger partial charge is 0.493 e. The first-order valence-corrected chi connectivity index (χ1v) is 11.4. The van der Waals surface area contributed by atoms with Gasteiger partial charge in [-0.15, -0.1) is 0 Å². The van der Waals surface area contributed by atoms with Gasteiger partial charge in [-0.05, 0) is 30.3 Å². The minimum atomic E-state index is -3.75. The van der Waals surface area contributed by atoms with Crippen molar-refractivity contribution in [3.63, 3.8) is 0 Å². The van der Waals surface area contributed by atoms with Gasteiger partial charge in [0.05, 0.1) is 34.2 Å². The first-order valence-electron chi connectivity index (χ1n) is 8.85. The van der Waals surface area contributed by atoms with Gasteiger partial charge in [0.1, 0.15) is 0 Å². The van der Waals surface area contributed by atoms with Crippen LogP contribution < -0.4 is 9.47 Å². The summed E-state index contributed by atoms with van der Waals surface area (Å²) in [5.41, 5.74) is 0.332. The van der Waals surface area contributed by atoms with Crippen LogP contribution in [-0.4, -0.2) is 63.9 Å². The van der Waals surface area contributed by atoms with E-state index >= 15 is 0 Å². The van der Waals surface area contributed by atoms with Gasteiger partial charge in [-0.2, -0.15) is 4.31 Å². The number of amides is 1. The molecule has 11 heteroatoms. The number of rotatable bonds is 5. The zero-order valence-electron chi connectivity index (χ0n) is 16.2. The van der Waals surface area contributed by atoms with Crippen molar-refractivity contribution in [1.82, 2.24) is 9.21 Å². The molecule has 0 unspecified atom stereocenters. The van der Waals surface area contributed by atoms with Gasteiger partial charge in [-0.1, -0.05) is 34.8 Å². The second-order valence-electron chi connectivity index (χ2n) is 6.47. The number of piperazine rings is 1. The molecule has 162 valence electrons. The van der Waals surface area contributed by atoms with E-state index in [-0.39, 0.29) is 52.0 Å². The van der Waals surface area contributed by atoms with E-state index < -0.39 is 10.0 Å². The Hall–Kier alpha value is -1.71. The van der Waals surface area contributed by atoms with Crippen LogP contribution in [0.5, 0.6) is 11.5 Å². The van der Waals surface area contributed by atoms with E-state index in [1.807, 2.05) is 0 Å². The zero-order chi connectivity index (χ0) is 22.1. The molecule has 7 nitrogen and oxygen atoms in total. The number of carbonyl (C=O) groups excluding carboxylic acids is 1. The zero-order valence-corrected chi connectivity index (χ0v) is 19.3. The highest BCUT2D eigenvalue weighted by atomic mass is 35.5. The second-order valence-corrected chi connectivity index (χ2v) is 9.63. The Balaban J connectivity index is 1.74. The van der Waals surface area contributed by atoms with Crippen molar-refractivity contribution in [2.45, 2.75) is 4.90 Å². The molecule has 1 amide bonds. The molecule has 30 heavy (non-hydrogen) atoms. The van der Waals surface area contributed by atoms with Gasteiger partial charge >= 0.3 is 0 Å². The van der Waals surface area contributed by atoms with Crippen molar-refractivity contribution in [1.29, 1.82) is 0 Å². The molecule has 1 saturated heterocycles. The highest BCUT2D eigenvalue weighted by molar-refractivity contribution is 7.89. The van der Waals surface area contributed by atoms with Crippen LogP contribution in [0.3, 0.4) is 0 Å². The second kappa shape index (κ2) is 9.20. The molecule has 2 aromatic rings. The third kappa shape index (κ3) is 4.48. The highest BCUT2D eigenvalue weighted by Gasteiger charge is 2.31. The molecule has 0 aliphatic carbocycles. The fraction of sp³-hybridized carbons (Fsp3) is 0.316. The topological polar surface area (TPSA) is 76.2 Å². The van der Waals surface area contributed by atoms with Crippen molar-refractivity contribution in [2.75, 3.05) is 40.4 Å². The average Bonchev–Trinajstić information content (AvgIpc) is 2.74. The minimum absolute atomic E-state index is 0.0587. The van der Waals surface area contributed by atoms with Gasteiger partial charge in [0.15, 0.2) is 11.5 Å². The Morgan fingerprint density at radius 1 is 0.900 bits per heavy atom. The van der Waals surface area contributed by atoms with Crippen molar-refractivity contribution < 1.29 is 22.7 Å². The first kappa shape index (κ1) is 23.0. The number of halogens is 3. The molecule has 0 saturated carbocycles. The summed E-state index contributed by atoms with van der Waals surface area (Å²) < 4.78 is 37.5. The molecular weight excluding hydrogens is 475 g/mol. The third-order valence-corrected chi connectivity index (χ3v) is 7.65. The van der Waals surface area contributed by atoms with E-state index in [2.05, 4.69) is 0 Å². The fourth-order valence-corrected chi connectivity index (χ4v) is 5.24. The Bertz CT molecular complexity index is 1070. The van der Waals surface area contributed by atoms with Crippen LogP contribution in [-0.2, 0) is 10.0 Å². The van der Waals surface area contributed by atoms with Crippen LogP contribution in [0, 0.1) is 0 Å². The summed E-state index contributed by atoms with van der Waals surface area (Å²) in [6.07, 6.45) is 0. The molecule has 1 aliphatic rings. The van der Waals surface area contributed by atoms with Gasteiger partial charge in [0.2, 0.25) is 10.0 Å². The van der Waals surface area contributed by atoms with Crippen LogP contribution in [0.15, 0.2) is 35.2 Å². The fourth-order valence-electron chi connectivity index (χ4n) is 3.14. The number of methoxy groups -OCH3 is 2. The monoisotopic (exact) mass is 492 g/mol. The maximum Gasteiger partial charge on any atom is 0.254 e. The lowest BCUT2D eigenvalue weighted by Gasteiger charge is -2.34. The molecule has 1 aliphatic heterocycles. The Morgan fingerprint density at radius 3 is 2.13 bits per heavy atom. The molecule has 0 bridgehead atoms. The van der Waals surface area contributed by atoms with Gasteiger partial charge in [-0.3, -0.25) is 4.79 Å². The molecule has 0 atom stereocenters. The quantitative estimate of drug-likeness (QED) is 0.633. The first-order chi connectivity index (χ1) is 14.2. The molecule has 0 aromatic heterocycles. The van der Waals surface area contributed by atoms with E-state index in [1.54, 1.807) is 11.0 Å². The molecule has 1 fully saturated rings. The maximum absolute atomic E-state index is 12.9. The summed E-state index contributed by atoms with van der Waals surface area (Å²) >= 11 is 18.0. The number of hydrogen-bond donors (Lipinski definition) is 0. The molecule has 2 aromatic carbocycles.